The summed E-state index contributed by atoms with van der Waals surface area (Å²) in [5, 5.41) is 15.0. The van der Waals surface area contributed by atoms with Crippen LogP contribution in [0.15, 0.2) is 88.2 Å². The molecule has 0 bridgehead atoms. The molecule has 0 unspecified atom stereocenters. The fraction of sp³-hybridized carbons (Fsp3) is 0.229. The third kappa shape index (κ3) is 7.07. The number of aryl methyl sites for hydroxylation is 1. The van der Waals surface area contributed by atoms with Crippen LogP contribution in [-0.4, -0.2) is 51.3 Å². The summed E-state index contributed by atoms with van der Waals surface area (Å²) in [5.74, 6) is -1.14. The molecule has 11 nitrogen and oxygen atoms in total. The molecule has 4 aromatic rings. The zero-order valence-corrected chi connectivity index (χ0v) is 27.2. The van der Waals surface area contributed by atoms with Crippen molar-refractivity contribution in [2.75, 3.05) is 19.0 Å². The first-order valence-corrected chi connectivity index (χ1v) is 16.3. The van der Waals surface area contributed by atoms with Gasteiger partial charge in [0.1, 0.15) is 18.4 Å². The number of anilines is 1. The molecule has 0 aliphatic heterocycles. The molecular formula is C35H36N4O7S. The van der Waals surface area contributed by atoms with Crippen molar-refractivity contribution in [2.24, 2.45) is 10.1 Å². The number of guanidine groups is 1. The van der Waals surface area contributed by atoms with Crippen LogP contribution in [0.4, 0.5) is 10.5 Å². The molecule has 0 radical (unpaired) electrons. The van der Waals surface area contributed by atoms with Gasteiger partial charge in [-0.25, -0.2) is 9.59 Å². The average molecular weight is 657 g/mol. The molecule has 0 fully saturated rings. The molecule has 0 saturated carbocycles. The molecule has 0 spiro atoms. The van der Waals surface area contributed by atoms with E-state index in [0.717, 1.165) is 22.3 Å². The number of hydrogen-bond acceptors (Lipinski definition) is 6. The Morgan fingerprint density at radius 1 is 0.936 bits per heavy atom. The number of amides is 1. The van der Waals surface area contributed by atoms with Gasteiger partial charge in [-0.05, 0) is 83.5 Å². The Bertz CT molecular complexity index is 1930. The van der Waals surface area contributed by atoms with Gasteiger partial charge in [0.2, 0.25) is 5.96 Å². The molecule has 1 atom stereocenters. The van der Waals surface area contributed by atoms with Crippen LogP contribution in [0, 0.1) is 20.8 Å². The largest absolute Gasteiger partial charge is 0.496 e. The number of carboxylic acids is 1. The van der Waals surface area contributed by atoms with Crippen LogP contribution in [0.2, 0.25) is 0 Å². The van der Waals surface area contributed by atoms with Crippen molar-refractivity contribution < 1.29 is 32.6 Å². The number of methoxy groups -OCH3 is 1. The van der Waals surface area contributed by atoms with Gasteiger partial charge in [-0.1, -0.05) is 60.7 Å². The summed E-state index contributed by atoms with van der Waals surface area (Å²) in [6.07, 6.45) is -0.854. The number of nitrogens with zero attached hydrogens (tertiary/aromatic N) is 1. The van der Waals surface area contributed by atoms with E-state index in [4.69, 9.17) is 15.2 Å². The minimum Gasteiger partial charge on any atom is -0.496 e. The Labute approximate surface area is 273 Å². The average Bonchev–Trinajstić information content (AvgIpc) is 3.35. The zero-order chi connectivity index (χ0) is 33.9. The Kier molecular flexibility index (Phi) is 9.52. The second-order valence-electron chi connectivity index (χ2n) is 11.3. The standard InChI is InChI=1S/C35H36N4O7S/c1-20-17-31(45-4)21(2)22(3)32(20)47(43,44)39-34(36)37-24-15-13-23(14-16-24)18-30(33(40)41)38-35(42)46-19-29-27-11-7-5-9-25(27)26-10-6-8-12-28(26)29/h5-17,29-30H,18-19H2,1-4H3,(H,38,42)(H,40,41)(H3,36,37,39)/t30-/m0/s1. The molecule has 1 aliphatic carbocycles. The highest BCUT2D eigenvalue weighted by molar-refractivity contribution is 7.90. The third-order valence-corrected chi connectivity index (χ3v) is 9.86. The predicted molar refractivity (Wildman–Crippen MR) is 179 cm³/mol. The number of rotatable bonds is 10. The number of carboxylic acid groups (broad SMARTS) is 1. The van der Waals surface area contributed by atoms with Gasteiger partial charge in [-0.3, -0.25) is 0 Å². The van der Waals surface area contributed by atoms with Gasteiger partial charge >= 0.3 is 12.1 Å². The van der Waals surface area contributed by atoms with Crippen LogP contribution in [0.25, 0.3) is 11.1 Å². The fourth-order valence-electron chi connectivity index (χ4n) is 5.92. The van der Waals surface area contributed by atoms with Gasteiger partial charge in [0.15, 0.2) is 0 Å². The monoisotopic (exact) mass is 656 g/mol. The smallest absolute Gasteiger partial charge is 0.407 e. The number of alkyl carbamates (subject to hydrolysis) is 1. The molecule has 5 rings (SSSR count). The first-order chi connectivity index (χ1) is 22.4. The van der Waals surface area contributed by atoms with Crippen molar-refractivity contribution in [3.8, 4) is 16.9 Å². The molecule has 0 heterocycles. The lowest BCUT2D eigenvalue weighted by Crippen LogP contribution is -2.42. The highest BCUT2D eigenvalue weighted by Gasteiger charge is 2.30. The van der Waals surface area contributed by atoms with E-state index < -0.39 is 28.1 Å². The van der Waals surface area contributed by atoms with Crippen molar-refractivity contribution in [3.05, 3.63) is 112 Å². The van der Waals surface area contributed by atoms with E-state index in [-0.39, 0.29) is 29.8 Å². The summed E-state index contributed by atoms with van der Waals surface area (Å²) in [6, 6.07) is 22.7. The Morgan fingerprint density at radius 3 is 2.11 bits per heavy atom. The number of ether oxygens (including phenoxy) is 2. The van der Waals surface area contributed by atoms with Crippen LogP contribution in [-0.2, 0) is 26.0 Å². The quantitative estimate of drug-likeness (QED) is 0.131. The lowest BCUT2D eigenvalue weighted by atomic mass is 9.98. The van der Waals surface area contributed by atoms with Crippen molar-refractivity contribution in [3.63, 3.8) is 0 Å². The molecular weight excluding hydrogens is 620 g/mol. The minimum atomic E-state index is -4.15. The van der Waals surface area contributed by atoms with Gasteiger partial charge in [-0.15, -0.1) is 4.40 Å². The topological polar surface area (TPSA) is 169 Å². The first kappa shape index (κ1) is 33.0. The summed E-state index contributed by atoms with van der Waals surface area (Å²) in [4.78, 5) is 24.8. The molecule has 1 amide bonds. The second-order valence-corrected chi connectivity index (χ2v) is 12.9. The highest BCUT2D eigenvalue weighted by Crippen LogP contribution is 2.44. The minimum absolute atomic E-state index is 0.0207. The molecule has 5 N–H and O–H groups in total. The number of nitrogens with one attached hydrogen (secondary N) is 2. The SMILES string of the molecule is COc1cc(C)c(S(=O)(=O)/N=C(\N)Nc2ccc(C[C@H](NC(=O)OCC3c4ccccc4-c4ccccc43)C(=O)O)cc2)c(C)c1C. The van der Waals surface area contributed by atoms with Crippen molar-refractivity contribution in [1.29, 1.82) is 0 Å². The number of carbonyl (C=O) groups excluding carboxylic acids is 1. The van der Waals surface area contributed by atoms with Gasteiger partial charge in [0, 0.05) is 18.0 Å². The highest BCUT2D eigenvalue weighted by atomic mass is 32.2. The molecule has 47 heavy (non-hydrogen) atoms. The Morgan fingerprint density at radius 2 is 1.53 bits per heavy atom. The van der Waals surface area contributed by atoms with Crippen molar-refractivity contribution >= 4 is 33.7 Å². The summed E-state index contributed by atoms with van der Waals surface area (Å²) in [7, 11) is -2.63. The molecule has 0 saturated heterocycles. The van der Waals surface area contributed by atoms with E-state index in [1.807, 2.05) is 48.5 Å². The van der Waals surface area contributed by atoms with E-state index in [2.05, 4.69) is 15.0 Å². The van der Waals surface area contributed by atoms with Gasteiger partial charge in [-0.2, -0.15) is 8.42 Å². The van der Waals surface area contributed by atoms with Crippen molar-refractivity contribution in [1.82, 2.24) is 5.32 Å². The van der Waals surface area contributed by atoms with E-state index in [0.29, 0.717) is 33.7 Å². The van der Waals surface area contributed by atoms with E-state index in [9.17, 15) is 23.1 Å². The fourth-order valence-corrected chi connectivity index (χ4v) is 7.32. The van der Waals surface area contributed by atoms with Crippen molar-refractivity contribution in [2.45, 2.75) is 44.0 Å². The number of sulfonamides is 1. The Balaban J connectivity index is 1.20. The lowest BCUT2D eigenvalue weighted by molar-refractivity contribution is -0.139. The lowest BCUT2D eigenvalue weighted by Gasteiger charge is -2.18. The van der Waals surface area contributed by atoms with E-state index >= 15 is 0 Å². The third-order valence-electron chi connectivity index (χ3n) is 8.27. The van der Waals surface area contributed by atoms with Crippen LogP contribution < -0.4 is 21.1 Å². The molecule has 12 heteroatoms. The molecule has 0 aromatic heterocycles. The predicted octanol–water partition coefficient (Wildman–Crippen LogP) is 5.27. The van der Waals surface area contributed by atoms with Gasteiger partial charge < -0.3 is 30.9 Å². The van der Waals surface area contributed by atoms with Crippen LogP contribution in [0.3, 0.4) is 0 Å². The summed E-state index contributed by atoms with van der Waals surface area (Å²) < 4.78 is 40.9. The van der Waals surface area contributed by atoms with Crippen LogP contribution in [0.5, 0.6) is 5.75 Å². The van der Waals surface area contributed by atoms with Crippen LogP contribution >= 0.6 is 0 Å². The number of carbonyl (C=O) groups is 2. The number of benzene rings is 4. The number of nitrogens with two attached hydrogens (primary N) is 1. The normalized spacial score (nSPS) is 13.3. The first-order valence-electron chi connectivity index (χ1n) is 14.8. The van der Waals surface area contributed by atoms with Gasteiger partial charge in [0.05, 0.1) is 12.0 Å². The zero-order valence-electron chi connectivity index (χ0n) is 26.4. The number of fused-ring (bicyclic) bond motifs is 3. The maximum atomic E-state index is 13.1. The van der Waals surface area contributed by atoms with Gasteiger partial charge in [0.25, 0.3) is 10.0 Å². The summed E-state index contributed by atoms with van der Waals surface area (Å²) in [6.45, 7) is 5.17. The summed E-state index contributed by atoms with van der Waals surface area (Å²) in [5.41, 5.74) is 12.9. The maximum Gasteiger partial charge on any atom is 0.407 e. The Hall–Kier alpha value is -5.36. The molecule has 1 aliphatic rings. The van der Waals surface area contributed by atoms with E-state index in [1.165, 1.54) is 7.11 Å². The number of hydrogen-bond donors (Lipinski definition) is 4. The molecule has 4 aromatic carbocycles. The number of aliphatic carboxylic acids is 1. The molecule has 244 valence electrons. The second kappa shape index (κ2) is 13.6. The van der Waals surface area contributed by atoms with Crippen LogP contribution in [0.1, 0.15) is 39.3 Å². The summed E-state index contributed by atoms with van der Waals surface area (Å²) >= 11 is 0. The maximum absolute atomic E-state index is 13.1. The van der Waals surface area contributed by atoms with E-state index in [1.54, 1.807) is 51.1 Å².